The Morgan fingerprint density at radius 2 is 1.90 bits per heavy atom. The second kappa shape index (κ2) is 9.63. The fourth-order valence-corrected chi connectivity index (χ4v) is 3.53. The minimum Gasteiger partial charge on any atom is -0.486 e. The van der Waals surface area contributed by atoms with Crippen molar-refractivity contribution in [3.8, 4) is 16.9 Å². The Morgan fingerprint density at radius 1 is 1.10 bits per heavy atom. The highest BCUT2D eigenvalue weighted by molar-refractivity contribution is 6.32. The molecule has 1 heterocycles. The fourth-order valence-electron chi connectivity index (χ4n) is 3.25. The van der Waals surface area contributed by atoms with Crippen molar-refractivity contribution in [1.82, 2.24) is 5.32 Å². The summed E-state index contributed by atoms with van der Waals surface area (Å²) in [6.45, 7) is 0.304. The van der Waals surface area contributed by atoms with Crippen LogP contribution in [0.3, 0.4) is 0 Å². The zero-order valence-corrected chi connectivity index (χ0v) is 17.5. The number of fused-ring (bicyclic) bond motifs is 1. The molecule has 0 spiro atoms. The van der Waals surface area contributed by atoms with Gasteiger partial charge < -0.3 is 19.5 Å². The van der Waals surface area contributed by atoms with Crippen LogP contribution in [0, 0.1) is 0 Å². The molecule has 2 aromatic rings. The lowest BCUT2D eigenvalue weighted by molar-refractivity contribution is -0.142. The highest BCUT2D eigenvalue weighted by Gasteiger charge is 2.26. The van der Waals surface area contributed by atoms with Crippen molar-refractivity contribution in [2.45, 2.75) is 25.4 Å². The highest BCUT2D eigenvalue weighted by atomic mass is 35.5. The zero-order valence-electron chi connectivity index (χ0n) is 16.7. The summed E-state index contributed by atoms with van der Waals surface area (Å²) < 4.78 is 15.2. The Hall–Kier alpha value is -3.06. The summed E-state index contributed by atoms with van der Waals surface area (Å²) >= 11 is 6.43. The Labute approximate surface area is 179 Å². The summed E-state index contributed by atoms with van der Waals surface area (Å²) in [5.74, 6) is -0.481. The maximum absolute atomic E-state index is 11.9. The van der Waals surface area contributed by atoms with Gasteiger partial charge in [-0.15, -0.1) is 0 Å². The first kappa shape index (κ1) is 21.6. The van der Waals surface area contributed by atoms with Crippen LogP contribution in [0.15, 0.2) is 36.4 Å². The number of amides is 1. The Bertz CT molecular complexity index is 974. The van der Waals surface area contributed by atoms with E-state index in [2.05, 4.69) is 10.1 Å². The van der Waals surface area contributed by atoms with E-state index in [1.165, 1.54) is 14.2 Å². The first-order valence-electron chi connectivity index (χ1n) is 9.42. The van der Waals surface area contributed by atoms with E-state index in [1.54, 1.807) is 24.3 Å². The third-order valence-corrected chi connectivity index (χ3v) is 5.06. The molecule has 0 fully saturated rings. The average molecular weight is 432 g/mol. The molecule has 7 nitrogen and oxygen atoms in total. The molecule has 0 aromatic heterocycles. The van der Waals surface area contributed by atoms with E-state index in [9.17, 15) is 14.4 Å². The van der Waals surface area contributed by atoms with Gasteiger partial charge in [0.05, 0.1) is 37.8 Å². The molecule has 2 aromatic carbocycles. The average Bonchev–Trinajstić information content (AvgIpc) is 3.19. The van der Waals surface area contributed by atoms with Crippen LogP contribution >= 0.6 is 11.6 Å². The number of esters is 2. The zero-order chi connectivity index (χ0) is 21.7. The monoisotopic (exact) mass is 431 g/mol. The number of carbonyl (C=O) groups excluding carboxylic acids is 3. The summed E-state index contributed by atoms with van der Waals surface area (Å²) in [5, 5.41) is 3.23. The summed E-state index contributed by atoms with van der Waals surface area (Å²) in [6.07, 6.45) is 0.426. The van der Waals surface area contributed by atoms with Gasteiger partial charge in [-0.3, -0.25) is 9.59 Å². The second-order valence-electron chi connectivity index (χ2n) is 6.84. The number of rotatable bonds is 7. The molecular formula is C22H22ClNO6. The maximum atomic E-state index is 11.9. The SMILES string of the molecule is COC(=O)CCC(=O)NCC1Cc2cc(-c3cccc(C(=O)OC)c3)cc(Cl)c2O1. The number of halogens is 1. The van der Waals surface area contributed by atoms with Gasteiger partial charge in [0.15, 0.2) is 0 Å². The van der Waals surface area contributed by atoms with Gasteiger partial charge in [-0.25, -0.2) is 4.79 Å². The second-order valence-corrected chi connectivity index (χ2v) is 7.25. The lowest BCUT2D eigenvalue weighted by atomic mass is 9.99. The number of methoxy groups -OCH3 is 2. The molecule has 0 aliphatic carbocycles. The van der Waals surface area contributed by atoms with Crippen LogP contribution in [0.1, 0.15) is 28.8 Å². The van der Waals surface area contributed by atoms with Crippen LogP contribution in [-0.2, 0) is 25.5 Å². The van der Waals surface area contributed by atoms with Gasteiger partial charge in [-0.2, -0.15) is 0 Å². The van der Waals surface area contributed by atoms with Crippen molar-refractivity contribution < 1.29 is 28.6 Å². The summed E-state index contributed by atoms with van der Waals surface area (Å²) in [6, 6.07) is 10.9. The summed E-state index contributed by atoms with van der Waals surface area (Å²) in [4.78, 5) is 34.8. The maximum Gasteiger partial charge on any atom is 0.337 e. The number of nitrogens with one attached hydrogen (secondary N) is 1. The van der Waals surface area contributed by atoms with Gasteiger partial charge >= 0.3 is 11.9 Å². The molecule has 1 aliphatic heterocycles. The first-order valence-corrected chi connectivity index (χ1v) is 9.80. The summed E-state index contributed by atoms with van der Waals surface area (Å²) in [7, 11) is 2.63. The van der Waals surface area contributed by atoms with E-state index >= 15 is 0 Å². The minimum atomic E-state index is -0.426. The Kier molecular flexibility index (Phi) is 6.95. The molecule has 158 valence electrons. The lowest BCUT2D eigenvalue weighted by Gasteiger charge is -2.12. The fraction of sp³-hybridized carbons (Fsp3) is 0.318. The number of ether oxygens (including phenoxy) is 3. The van der Waals surface area contributed by atoms with E-state index < -0.39 is 11.9 Å². The topological polar surface area (TPSA) is 90.9 Å². The normalized spacial score (nSPS) is 14.4. The van der Waals surface area contributed by atoms with Crippen molar-refractivity contribution in [3.05, 3.63) is 52.5 Å². The van der Waals surface area contributed by atoms with Gasteiger partial charge in [0.2, 0.25) is 5.91 Å². The van der Waals surface area contributed by atoms with E-state index in [4.69, 9.17) is 21.1 Å². The van der Waals surface area contributed by atoms with Crippen LogP contribution in [0.5, 0.6) is 5.75 Å². The minimum absolute atomic E-state index is 0.0356. The lowest BCUT2D eigenvalue weighted by Crippen LogP contribution is -2.34. The van der Waals surface area contributed by atoms with Crippen molar-refractivity contribution >= 4 is 29.4 Å². The predicted molar refractivity (Wildman–Crippen MR) is 111 cm³/mol. The summed E-state index contributed by atoms with van der Waals surface area (Å²) in [5.41, 5.74) is 3.07. The predicted octanol–water partition coefficient (Wildman–Crippen LogP) is 3.17. The molecule has 1 atom stereocenters. The molecule has 1 aliphatic rings. The van der Waals surface area contributed by atoms with Crippen LogP contribution in [0.4, 0.5) is 0 Å². The van der Waals surface area contributed by atoms with E-state index in [0.717, 1.165) is 16.7 Å². The van der Waals surface area contributed by atoms with Gasteiger partial charge in [0.1, 0.15) is 11.9 Å². The number of hydrogen-bond donors (Lipinski definition) is 1. The molecular weight excluding hydrogens is 410 g/mol. The number of benzene rings is 2. The van der Waals surface area contributed by atoms with Crippen LogP contribution < -0.4 is 10.1 Å². The molecule has 1 amide bonds. The quantitative estimate of drug-likeness (QED) is 0.677. The molecule has 0 saturated heterocycles. The molecule has 0 radical (unpaired) electrons. The van der Waals surface area contributed by atoms with Crippen molar-refractivity contribution in [2.75, 3.05) is 20.8 Å². The van der Waals surface area contributed by atoms with Gasteiger partial charge in [0.25, 0.3) is 0 Å². The van der Waals surface area contributed by atoms with Crippen LogP contribution in [0.25, 0.3) is 11.1 Å². The van der Waals surface area contributed by atoms with E-state index in [0.29, 0.717) is 29.3 Å². The molecule has 8 heteroatoms. The third kappa shape index (κ3) is 5.10. The largest absolute Gasteiger partial charge is 0.486 e. The van der Waals surface area contributed by atoms with Crippen LogP contribution in [-0.4, -0.2) is 44.7 Å². The van der Waals surface area contributed by atoms with E-state index in [-0.39, 0.29) is 24.9 Å². The Morgan fingerprint density at radius 3 is 2.63 bits per heavy atom. The van der Waals surface area contributed by atoms with Crippen molar-refractivity contribution in [3.63, 3.8) is 0 Å². The van der Waals surface area contributed by atoms with Crippen molar-refractivity contribution in [1.29, 1.82) is 0 Å². The number of carbonyl (C=O) groups is 3. The highest BCUT2D eigenvalue weighted by Crippen LogP contribution is 2.39. The van der Waals surface area contributed by atoms with E-state index in [1.807, 2.05) is 12.1 Å². The first-order chi connectivity index (χ1) is 14.4. The van der Waals surface area contributed by atoms with Gasteiger partial charge in [-0.1, -0.05) is 23.7 Å². The van der Waals surface area contributed by atoms with Gasteiger partial charge in [-0.05, 0) is 35.4 Å². The Balaban J connectivity index is 1.66. The van der Waals surface area contributed by atoms with Crippen molar-refractivity contribution in [2.24, 2.45) is 0 Å². The van der Waals surface area contributed by atoms with Gasteiger partial charge in [0, 0.05) is 18.4 Å². The number of hydrogen-bond acceptors (Lipinski definition) is 6. The smallest absolute Gasteiger partial charge is 0.337 e. The molecule has 1 unspecified atom stereocenters. The standard InChI is InChI=1S/C22H22ClNO6/c1-28-20(26)7-6-19(25)24-12-17-10-16-9-15(11-18(23)21(16)30-17)13-4-3-5-14(8-13)22(27)29-2/h3-5,8-9,11,17H,6-7,10,12H2,1-2H3,(H,24,25). The molecule has 0 bridgehead atoms. The molecule has 0 saturated carbocycles. The third-order valence-electron chi connectivity index (χ3n) is 4.78. The molecule has 3 rings (SSSR count). The molecule has 1 N–H and O–H groups in total. The van der Waals surface area contributed by atoms with Crippen LogP contribution in [0.2, 0.25) is 5.02 Å². The molecule has 30 heavy (non-hydrogen) atoms.